The summed E-state index contributed by atoms with van der Waals surface area (Å²) in [5, 5.41) is 0. The summed E-state index contributed by atoms with van der Waals surface area (Å²) in [5.74, 6) is 1.86. The molecule has 0 saturated carbocycles. The standard InChI is InChI=1S/C23H30N2O5/c1-24(2)19(26)12-28-18-8-6-15-16-11-14-5-7-17(29-13-27-4)21-20(14)23(15,22(18)30-21)9-10-25(16)3/h5-8,15-16,18,22H,9-13H2,1-4H3/t15-,16+,18-,22-,23-/m0/s1. The first-order valence-electron chi connectivity index (χ1n) is 10.6. The maximum absolute atomic E-state index is 12.1. The number of methoxy groups -OCH3 is 1. The number of benzene rings is 1. The normalized spacial score (nSPS) is 33.1. The Labute approximate surface area is 177 Å². The molecule has 1 spiro atoms. The molecule has 4 aliphatic rings. The zero-order chi connectivity index (χ0) is 21.0. The van der Waals surface area contributed by atoms with Crippen LogP contribution in [0.3, 0.4) is 0 Å². The number of likely N-dealkylation sites (N-methyl/N-ethyl adjacent to an activating group) is 2. The summed E-state index contributed by atoms with van der Waals surface area (Å²) in [4.78, 5) is 16.2. The van der Waals surface area contributed by atoms with Crippen LogP contribution in [0.5, 0.6) is 11.5 Å². The maximum Gasteiger partial charge on any atom is 0.248 e. The number of carbonyl (C=O) groups is 1. The molecule has 7 nitrogen and oxygen atoms in total. The van der Waals surface area contributed by atoms with Gasteiger partial charge in [-0.25, -0.2) is 0 Å². The molecule has 5 rings (SSSR count). The summed E-state index contributed by atoms with van der Waals surface area (Å²) in [5.41, 5.74) is 2.48. The van der Waals surface area contributed by atoms with E-state index in [1.165, 1.54) is 11.1 Å². The van der Waals surface area contributed by atoms with E-state index in [9.17, 15) is 4.79 Å². The first kappa shape index (κ1) is 19.8. The molecule has 0 radical (unpaired) electrons. The van der Waals surface area contributed by atoms with E-state index < -0.39 is 0 Å². The molecule has 30 heavy (non-hydrogen) atoms. The summed E-state index contributed by atoms with van der Waals surface area (Å²) in [6, 6.07) is 4.62. The lowest BCUT2D eigenvalue weighted by Crippen LogP contribution is -2.65. The van der Waals surface area contributed by atoms with Crippen molar-refractivity contribution in [2.45, 2.75) is 36.5 Å². The molecule has 1 saturated heterocycles. The molecule has 1 amide bonds. The molecular formula is C23H30N2O5. The third kappa shape index (κ3) is 2.72. The molecule has 2 heterocycles. The molecule has 2 aliphatic carbocycles. The Morgan fingerprint density at radius 2 is 2.17 bits per heavy atom. The van der Waals surface area contributed by atoms with E-state index in [1.54, 1.807) is 26.1 Å². The van der Waals surface area contributed by atoms with Gasteiger partial charge in [-0.15, -0.1) is 0 Å². The van der Waals surface area contributed by atoms with Crippen LogP contribution in [0.15, 0.2) is 24.3 Å². The lowest BCUT2D eigenvalue weighted by Gasteiger charge is -2.56. The molecule has 2 aliphatic heterocycles. The van der Waals surface area contributed by atoms with Crippen molar-refractivity contribution in [1.29, 1.82) is 0 Å². The van der Waals surface area contributed by atoms with E-state index in [-0.39, 0.29) is 36.9 Å². The Hall–Kier alpha value is -2.09. The Morgan fingerprint density at radius 3 is 2.93 bits per heavy atom. The van der Waals surface area contributed by atoms with Gasteiger partial charge in [0.05, 0.1) is 0 Å². The fraction of sp³-hybridized carbons (Fsp3) is 0.609. The van der Waals surface area contributed by atoms with E-state index >= 15 is 0 Å². The van der Waals surface area contributed by atoms with Crippen molar-refractivity contribution in [2.24, 2.45) is 5.92 Å². The van der Waals surface area contributed by atoms with Crippen LogP contribution in [0, 0.1) is 5.92 Å². The van der Waals surface area contributed by atoms with Gasteiger partial charge in [-0.3, -0.25) is 4.79 Å². The number of amides is 1. The Bertz CT molecular complexity index is 885. The van der Waals surface area contributed by atoms with Crippen LogP contribution >= 0.6 is 0 Å². The van der Waals surface area contributed by atoms with Gasteiger partial charge in [-0.05, 0) is 38.1 Å². The van der Waals surface area contributed by atoms with Gasteiger partial charge >= 0.3 is 0 Å². The highest BCUT2D eigenvalue weighted by Crippen LogP contribution is 2.62. The lowest BCUT2D eigenvalue weighted by atomic mass is 9.53. The highest BCUT2D eigenvalue weighted by atomic mass is 16.7. The van der Waals surface area contributed by atoms with Gasteiger partial charge in [0.2, 0.25) is 5.91 Å². The first-order valence-corrected chi connectivity index (χ1v) is 10.6. The van der Waals surface area contributed by atoms with Crippen LogP contribution in [0.4, 0.5) is 0 Å². The van der Waals surface area contributed by atoms with Crippen molar-refractivity contribution in [2.75, 3.05) is 48.2 Å². The van der Waals surface area contributed by atoms with Crippen LogP contribution in [0.25, 0.3) is 0 Å². The number of nitrogens with zero attached hydrogens (tertiary/aromatic N) is 2. The van der Waals surface area contributed by atoms with E-state index in [4.69, 9.17) is 18.9 Å². The van der Waals surface area contributed by atoms with Gasteiger partial charge in [0.1, 0.15) is 18.8 Å². The zero-order valence-electron chi connectivity index (χ0n) is 18.1. The average Bonchev–Trinajstić information content (AvgIpc) is 3.09. The minimum Gasteiger partial charge on any atom is -0.482 e. The van der Waals surface area contributed by atoms with Crippen LogP contribution in [0.1, 0.15) is 17.5 Å². The molecule has 0 unspecified atom stereocenters. The minimum atomic E-state index is -0.275. The SMILES string of the molecule is COCOc1ccc2c3c1O[C@H]1[C@@H](OCC(=O)N(C)C)C=C[C@H]4[C@@H](C2)N(C)CC[C@@]341. The van der Waals surface area contributed by atoms with E-state index in [0.29, 0.717) is 12.0 Å². The van der Waals surface area contributed by atoms with Gasteiger partial charge in [0.15, 0.2) is 18.3 Å². The second-order valence-electron chi connectivity index (χ2n) is 9.03. The van der Waals surface area contributed by atoms with Crippen molar-refractivity contribution in [3.8, 4) is 11.5 Å². The van der Waals surface area contributed by atoms with Crippen molar-refractivity contribution in [3.05, 3.63) is 35.4 Å². The highest BCUT2D eigenvalue weighted by molar-refractivity contribution is 5.76. The number of likely N-dealkylation sites (tertiary alicyclic amines) is 1. The van der Waals surface area contributed by atoms with Gasteiger partial charge in [0.25, 0.3) is 0 Å². The van der Waals surface area contributed by atoms with Crippen LogP contribution < -0.4 is 9.47 Å². The van der Waals surface area contributed by atoms with Crippen molar-refractivity contribution < 1.29 is 23.7 Å². The Morgan fingerprint density at radius 1 is 1.33 bits per heavy atom. The fourth-order valence-electron chi connectivity index (χ4n) is 5.89. The highest BCUT2D eigenvalue weighted by Gasteiger charge is 2.64. The third-order valence-corrected chi connectivity index (χ3v) is 7.35. The molecule has 5 atom stereocenters. The first-order chi connectivity index (χ1) is 14.5. The lowest BCUT2D eigenvalue weighted by molar-refractivity contribution is -0.138. The van der Waals surface area contributed by atoms with Crippen LogP contribution in [0.2, 0.25) is 0 Å². The summed E-state index contributed by atoms with van der Waals surface area (Å²) < 4.78 is 23.7. The predicted molar refractivity (Wildman–Crippen MR) is 111 cm³/mol. The quantitative estimate of drug-likeness (QED) is 0.521. The summed E-state index contributed by atoms with van der Waals surface area (Å²) in [7, 11) is 7.32. The van der Waals surface area contributed by atoms with Crippen molar-refractivity contribution in [1.82, 2.24) is 9.80 Å². The minimum absolute atomic E-state index is 0.0438. The number of hydrogen-bond acceptors (Lipinski definition) is 6. The van der Waals surface area contributed by atoms with Gasteiger partial charge < -0.3 is 28.7 Å². The molecular weight excluding hydrogens is 384 g/mol. The number of carbonyl (C=O) groups excluding carboxylic acids is 1. The van der Waals surface area contributed by atoms with E-state index in [0.717, 1.165) is 30.9 Å². The monoisotopic (exact) mass is 414 g/mol. The maximum atomic E-state index is 12.1. The Balaban J connectivity index is 1.57. The average molecular weight is 415 g/mol. The van der Waals surface area contributed by atoms with Crippen LogP contribution in [-0.4, -0.2) is 82.2 Å². The number of hydrogen-bond donors (Lipinski definition) is 0. The van der Waals surface area contributed by atoms with E-state index in [2.05, 4.69) is 30.2 Å². The van der Waals surface area contributed by atoms with Gasteiger partial charge in [-0.2, -0.15) is 0 Å². The molecule has 0 N–H and O–H groups in total. The largest absolute Gasteiger partial charge is 0.482 e. The number of rotatable bonds is 6. The van der Waals surface area contributed by atoms with Crippen molar-refractivity contribution in [3.63, 3.8) is 0 Å². The van der Waals surface area contributed by atoms with Crippen molar-refractivity contribution >= 4 is 5.91 Å². The predicted octanol–water partition coefficient (Wildman–Crippen LogP) is 1.59. The third-order valence-electron chi connectivity index (χ3n) is 7.35. The second-order valence-corrected chi connectivity index (χ2v) is 9.03. The second kappa shape index (κ2) is 7.25. The Kier molecular flexibility index (Phi) is 4.80. The van der Waals surface area contributed by atoms with E-state index in [1.807, 2.05) is 6.07 Å². The molecule has 1 fully saturated rings. The summed E-state index contributed by atoms with van der Waals surface area (Å²) in [6.45, 7) is 1.24. The smallest absolute Gasteiger partial charge is 0.248 e. The van der Waals surface area contributed by atoms with Gasteiger partial charge in [-0.1, -0.05) is 18.2 Å². The van der Waals surface area contributed by atoms with Crippen LogP contribution in [-0.2, 0) is 26.1 Å². The molecule has 162 valence electrons. The van der Waals surface area contributed by atoms with Gasteiger partial charge in [0, 0.05) is 44.1 Å². The number of piperidine rings is 1. The molecule has 2 bridgehead atoms. The zero-order valence-corrected chi connectivity index (χ0v) is 18.1. The molecule has 0 aromatic heterocycles. The molecule has 1 aromatic rings. The number of ether oxygens (including phenoxy) is 4. The topological polar surface area (TPSA) is 60.5 Å². The summed E-state index contributed by atoms with van der Waals surface area (Å²) in [6.07, 6.45) is 5.97. The molecule has 7 heteroatoms. The summed E-state index contributed by atoms with van der Waals surface area (Å²) >= 11 is 0. The fourth-order valence-corrected chi connectivity index (χ4v) is 5.89. The molecule has 1 aromatic carbocycles.